The van der Waals surface area contributed by atoms with Crippen molar-refractivity contribution in [3.63, 3.8) is 0 Å². The molecule has 0 spiro atoms. The maximum absolute atomic E-state index is 12.3. The van der Waals surface area contributed by atoms with Gasteiger partial charge in [0.15, 0.2) is 0 Å². The Morgan fingerprint density at radius 1 is 1.33 bits per heavy atom. The molecule has 0 heterocycles. The van der Waals surface area contributed by atoms with E-state index in [1.807, 2.05) is 30.3 Å². The Kier molecular flexibility index (Phi) is 5.23. The Balaban J connectivity index is 1.90. The lowest BCUT2D eigenvalue weighted by atomic mass is 9.92. The average Bonchev–Trinajstić information content (AvgIpc) is 3.27. The van der Waals surface area contributed by atoms with Gasteiger partial charge in [0.05, 0.1) is 6.61 Å². The van der Waals surface area contributed by atoms with Gasteiger partial charge in [-0.2, -0.15) is 0 Å². The van der Waals surface area contributed by atoms with Crippen LogP contribution in [0.5, 0.6) is 0 Å². The minimum atomic E-state index is -0.0835. The van der Waals surface area contributed by atoms with Crippen LogP contribution in [0, 0.1) is 11.3 Å². The third-order valence-electron chi connectivity index (χ3n) is 4.58. The predicted octanol–water partition coefficient (Wildman–Crippen LogP) is 2.63. The van der Waals surface area contributed by atoms with Crippen LogP contribution in [0.15, 0.2) is 30.3 Å². The highest BCUT2D eigenvalue weighted by atomic mass is 16.3. The molecule has 1 aliphatic rings. The molecule has 1 saturated carbocycles. The van der Waals surface area contributed by atoms with E-state index in [-0.39, 0.29) is 12.6 Å². The van der Waals surface area contributed by atoms with Gasteiger partial charge in [-0.05, 0) is 29.7 Å². The van der Waals surface area contributed by atoms with Crippen molar-refractivity contribution in [1.82, 2.24) is 10.2 Å². The number of amides is 2. The van der Waals surface area contributed by atoms with Crippen molar-refractivity contribution >= 4 is 6.03 Å². The number of nitrogens with one attached hydrogen (secondary N) is 1. The van der Waals surface area contributed by atoms with Gasteiger partial charge < -0.3 is 15.3 Å². The molecule has 0 atom stereocenters. The van der Waals surface area contributed by atoms with Gasteiger partial charge >= 0.3 is 6.03 Å². The van der Waals surface area contributed by atoms with Gasteiger partial charge in [0, 0.05) is 19.6 Å². The van der Waals surface area contributed by atoms with Crippen molar-refractivity contribution in [1.29, 1.82) is 0 Å². The topological polar surface area (TPSA) is 52.6 Å². The maximum Gasteiger partial charge on any atom is 0.317 e. The van der Waals surface area contributed by atoms with Crippen LogP contribution in [0.1, 0.15) is 32.3 Å². The molecule has 2 rings (SSSR count). The third kappa shape index (κ3) is 4.21. The van der Waals surface area contributed by atoms with Gasteiger partial charge in [-0.25, -0.2) is 4.79 Å². The molecule has 0 saturated heterocycles. The van der Waals surface area contributed by atoms with Crippen LogP contribution >= 0.6 is 0 Å². The third-order valence-corrected chi connectivity index (χ3v) is 4.58. The fraction of sp³-hybridized carbons (Fsp3) is 0.588. The van der Waals surface area contributed by atoms with Crippen molar-refractivity contribution in [3.8, 4) is 0 Å². The fourth-order valence-corrected chi connectivity index (χ4v) is 2.66. The zero-order chi connectivity index (χ0) is 15.3. The molecule has 1 fully saturated rings. The Morgan fingerprint density at radius 2 is 2.00 bits per heavy atom. The summed E-state index contributed by atoms with van der Waals surface area (Å²) in [6.45, 7) is 6.04. The fourth-order valence-electron chi connectivity index (χ4n) is 2.66. The van der Waals surface area contributed by atoms with Crippen molar-refractivity contribution < 1.29 is 9.90 Å². The molecule has 0 aromatic heterocycles. The normalized spacial score (nSPS) is 15.8. The summed E-state index contributed by atoms with van der Waals surface area (Å²) in [5, 5.41) is 12.2. The highest BCUT2D eigenvalue weighted by molar-refractivity contribution is 5.74. The molecule has 0 bridgehead atoms. The molecule has 0 unspecified atom stereocenters. The number of rotatable bonds is 7. The SMILES string of the molecule is CC(C)C1(CNC(=O)N(CCO)Cc2ccccc2)CC1. The first-order valence-corrected chi connectivity index (χ1v) is 7.75. The first-order valence-electron chi connectivity index (χ1n) is 7.75. The number of aliphatic hydroxyl groups is 1. The van der Waals surface area contributed by atoms with E-state index >= 15 is 0 Å². The first kappa shape index (κ1) is 15.8. The number of urea groups is 1. The van der Waals surface area contributed by atoms with E-state index < -0.39 is 0 Å². The van der Waals surface area contributed by atoms with E-state index in [0.29, 0.717) is 24.4 Å². The zero-order valence-electron chi connectivity index (χ0n) is 13.0. The molecule has 21 heavy (non-hydrogen) atoms. The standard InChI is InChI=1S/C17H26N2O2/c1-14(2)17(8-9-17)13-18-16(21)19(10-11-20)12-15-6-4-3-5-7-15/h3-7,14,20H,8-13H2,1-2H3,(H,18,21). The highest BCUT2D eigenvalue weighted by Crippen LogP contribution is 2.51. The van der Waals surface area contributed by atoms with Crippen LogP contribution in [0.25, 0.3) is 0 Å². The van der Waals surface area contributed by atoms with Crippen molar-refractivity contribution in [2.45, 2.75) is 33.2 Å². The minimum absolute atomic E-state index is 0.0183. The molecule has 4 heteroatoms. The van der Waals surface area contributed by atoms with Crippen molar-refractivity contribution in [2.24, 2.45) is 11.3 Å². The summed E-state index contributed by atoms with van der Waals surface area (Å²) < 4.78 is 0. The van der Waals surface area contributed by atoms with E-state index in [4.69, 9.17) is 0 Å². The molecule has 0 radical (unpaired) electrons. The number of nitrogens with zero attached hydrogens (tertiary/aromatic N) is 1. The second-order valence-corrected chi connectivity index (χ2v) is 6.31. The Labute approximate surface area is 127 Å². The number of hydrogen-bond acceptors (Lipinski definition) is 2. The maximum atomic E-state index is 12.3. The van der Waals surface area contributed by atoms with E-state index in [0.717, 1.165) is 12.1 Å². The summed E-state index contributed by atoms with van der Waals surface area (Å²) >= 11 is 0. The number of hydrogen-bond donors (Lipinski definition) is 2. The number of carbonyl (C=O) groups is 1. The van der Waals surface area contributed by atoms with Crippen LogP contribution in [0.2, 0.25) is 0 Å². The molecule has 1 aromatic carbocycles. The lowest BCUT2D eigenvalue weighted by Crippen LogP contribution is -2.43. The van der Waals surface area contributed by atoms with E-state index in [1.54, 1.807) is 4.90 Å². The summed E-state index contributed by atoms with van der Waals surface area (Å²) in [6.07, 6.45) is 2.40. The molecule has 2 amide bonds. The van der Waals surface area contributed by atoms with Crippen LogP contribution in [0.3, 0.4) is 0 Å². The van der Waals surface area contributed by atoms with Crippen molar-refractivity contribution in [2.75, 3.05) is 19.7 Å². The summed E-state index contributed by atoms with van der Waals surface area (Å²) in [5.74, 6) is 0.596. The van der Waals surface area contributed by atoms with Gasteiger partial charge in [0.2, 0.25) is 0 Å². The van der Waals surface area contributed by atoms with Crippen LogP contribution in [-0.4, -0.2) is 35.7 Å². The van der Waals surface area contributed by atoms with Gasteiger partial charge in [0.25, 0.3) is 0 Å². The molecular formula is C17H26N2O2. The molecule has 2 N–H and O–H groups in total. The lowest BCUT2D eigenvalue weighted by Gasteiger charge is -2.25. The van der Waals surface area contributed by atoms with E-state index in [1.165, 1.54) is 12.8 Å². The molecule has 116 valence electrons. The number of benzene rings is 1. The Bertz CT molecular complexity index is 455. The monoisotopic (exact) mass is 290 g/mol. The van der Waals surface area contributed by atoms with Crippen LogP contribution < -0.4 is 5.32 Å². The lowest BCUT2D eigenvalue weighted by molar-refractivity contribution is 0.170. The molecule has 1 aliphatic carbocycles. The van der Waals surface area contributed by atoms with Gasteiger partial charge in [-0.15, -0.1) is 0 Å². The summed E-state index contributed by atoms with van der Waals surface area (Å²) in [7, 11) is 0. The van der Waals surface area contributed by atoms with Gasteiger partial charge in [-0.1, -0.05) is 44.2 Å². The van der Waals surface area contributed by atoms with Crippen LogP contribution in [0.4, 0.5) is 4.79 Å². The molecule has 0 aliphatic heterocycles. The smallest absolute Gasteiger partial charge is 0.317 e. The van der Waals surface area contributed by atoms with Gasteiger partial charge in [-0.3, -0.25) is 0 Å². The first-order chi connectivity index (χ1) is 10.1. The highest BCUT2D eigenvalue weighted by Gasteiger charge is 2.45. The second-order valence-electron chi connectivity index (χ2n) is 6.31. The summed E-state index contributed by atoms with van der Waals surface area (Å²) in [4.78, 5) is 14.0. The molecule has 4 nitrogen and oxygen atoms in total. The predicted molar refractivity (Wildman–Crippen MR) is 83.8 cm³/mol. The minimum Gasteiger partial charge on any atom is -0.395 e. The van der Waals surface area contributed by atoms with Crippen molar-refractivity contribution in [3.05, 3.63) is 35.9 Å². The van der Waals surface area contributed by atoms with E-state index in [2.05, 4.69) is 19.2 Å². The van der Waals surface area contributed by atoms with Gasteiger partial charge in [0.1, 0.15) is 0 Å². The Hall–Kier alpha value is -1.55. The number of aliphatic hydroxyl groups excluding tert-OH is 1. The molecular weight excluding hydrogens is 264 g/mol. The van der Waals surface area contributed by atoms with Crippen LogP contribution in [-0.2, 0) is 6.54 Å². The summed E-state index contributed by atoms with van der Waals surface area (Å²) in [6, 6.07) is 9.78. The van der Waals surface area contributed by atoms with E-state index in [9.17, 15) is 9.90 Å². The Morgan fingerprint density at radius 3 is 2.52 bits per heavy atom. The summed E-state index contributed by atoms with van der Waals surface area (Å²) in [5.41, 5.74) is 1.37. The largest absolute Gasteiger partial charge is 0.395 e. The second kappa shape index (κ2) is 6.94. The molecule has 1 aromatic rings. The number of carbonyl (C=O) groups excluding carboxylic acids is 1. The average molecular weight is 290 g/mol. The quantitative estimate of drug-likeness (QED) is 0.811. The zero-order valence-corrected chi connectivity index (χ0v) is 13.0.